The first-order chi connectivity index (χ1) is 13.1. The molecule has 0 atom stereocenters. The number of hydrogen-bond acceptors (Lipinski definition) is 7. The lowest BCUT2D eigenvalue weighted by atomic mass is 10.1. The molecule has 1 heterocycles. The molecule has 12 heteroatoms. The number of carbonyl (C=O) groups is 1. The zero-order valence-electron chi connectivity index (χ0n) is 14.9. The Hall–Kier alpha value is -2.76. The summed E-state index contributed by atoms with van der Waals surface area (Å²) < 4.78 is 41.4. The van der Waals surface area contributed by atoms with E-state index in [1.807, 2.05) is 13.8 Å². The fraction of sp³-hybridized carbons (Fsp3) is 0.438. The molecule has 8 nitrogen and oxygen atoms in total. The van der Waals surface area contributed by atoms with Crippen LogP contribution >= 0.6 is 11.3 Å². The fourth-order valence-electron chi connectivity index (χ4n) is 2.36. The van der Waals surface area contributed by atoms with Gasteiger partial charge in [-0.3, -0.25) is 20.2 Å². The van der Waals surface area contributed by atoms with Gasteiger partial charge in [0.1, 0.15) is 16.3 Å². The zero-order valence-corrected chi connectivity index (χ0v) is 15.8. The van der Waals surface area contributed by atoms with Gasteiger partial charge in [0.2, 0.25) is 5.13 Å². The number of nitrogens with one attached hydrogen (secondary N) is 1. The van der Waals surface area contributed by atoms with E-state index in [0.717, 1.165) is 47.4 Å². The topological polar surface area (TPSA) is 107 Å². The van der Waals surface area contributed by atoms with Gasteiger partial charge < -0.3 is 4.74 Å². The first kappa shape index (κ1) is 21.5. The van der Waals surface area contributed by atoms with Crippen LogP contribution in [0.4, 0.5) is 24.0 Å². The first-order valence-electron chi connectivity index (χ1n) is 8.27. The van der Waals surface area contributed by atoms with Gasteiger partial charge in [0.15, 0.2) is 6.61 Å². The van der Waals surface area contributed by atoms with Gasteiger partial charge >= 0.3 is 6.18 Å². The standard InChI is InChI=1S/C16H17F3N4O4S/c1-3-9(4-2)14-21-22-15(28-14)20-13(24)11-7-10(27-8-16(17,18)19)5-6-12(11)23(25)26/h5-7,9H,3-4,8H2,1-2H3,(H,20,22,24). The van der Waals surface area contributed by atoms with E-state index in [1.165, 1.54) is 0 Å². The van der Waals surface area contributed by atoms with Crippen LogP contribution in [0.1, 0.15) is 48.0 Å². The maximum Gasteiger partial charge on any atom is 0.422 e. The summed E-state index contributed by atoms with van der Waals surface area (Å²) in [7, 11) is 0. The van der Waals surface area contributed by atoms with Crippen LogP contribution in [0, 0.1) is 10.1 Å². The number of halogens is 3. The smallest absolute Gasteiger partial charge is 0.422 e. The van der Waals surface area contributed by atoms with Crippen LogP contribution in [0.25, 0.3) is 0 Å². The number of anilines is 1. The Labute approximate surface area is 161 Å². The minimum Gasteiger partial charge on any atom is -0.484 e. The van der Waals surface area contributed by atoms with Crippen molar-refractivity contribution >= 4 is 28.1 Å². The summed E-state index contributed by atoms with van der Waals surface area (Å²) in [5.41, 5.74) is -1.01. The molecular weight excluding hydrogens is 401 g/mol. The summed E-state index contributed by atoms with van der Waals surface area (Å²) in [6.07, 6.45) is -2.91. The van der Waals surface area contributed by atoms with E-state index in [0.29, 0.717) is 0 Å². The third-order valence-electron chi connectivity index (χ3n) is 3.81. The molecule has 1 amide bonds. The Kier molecular flexibility index (Phi) is 6.89. The van der Waals surface area contributed by atoms with Crippen molar-refractivity contribution in [2.45, 2.75) is 38.8 Å². The molecule has 152 valence electrons. The van der Waals surface area contributed by atoms with Gasteiger partial charge in [0.05, 0.1) is 4.92 Å². The molecule has 1 aromatic heterocycles. The molecule has 0 radical (unpaired) electrons. The van der Waals surface area contributed by atoms with Crippen LogP contribution in [-0.2, 0) is 0 Å². The SMILES string of the molecule is CCC(CC)c1nnc(NC(=O)c2cc(OCC(F)(F)F)ccc2[N+](=O)[O-])s1. The van der Waals surface area contributed by atoms with Gasteiger partial charge in [-0.05, 0) is 25.0 Å². The number of alkyl halides is 3. The first-order valence-corrected chi connectivity index (χ1v) is 9.09. The van der Waals surface area contributed by atoms with Crippen molar-refractivity contribution in [3.63, 3.8) is 0 Å². The minimum atomic E-state index is -4.58. The van der Waals surface area contributed by atoms with Crippen LogP contribution < -0.4 is 10.1 Å². The highest BCUT2D eigenvalue weighted by Crippen LogP contribution is 2.30. The van der Waals surface area contributed by atoms with Crippen LogP contribution in [-0.4, -0.2) is 33.8 Å². The molecule has 0 saturated carbocycles. The Morgan fingerprint density at radius 1 is 1.32 bits per heavy atom. The molecular formula is C16H17F3N4O4S. The lowest BCUT2D eigenvalue weighted by molar-refractivity contribution is -0.385. The fourth-order valence-corrected chi connectivity index (χ4v) is 3.37. The molecule has 0 spiro atoms. The molecule has 0 fully saturated rings. The number of carbonyl (C=O) groups excluding carboxylic acids is 1. The highest BCUT2D eigenvalue weighted by molar-refractivity contribution is 7.15. The van der Waals surface area contributed by atoms with Crippen molar-refractivity contribution in [2.75, 3.05) is 11.9 Å². The summed E-state index contributed by atoms with van der Waals surface area (Å²) >= 11 is 1.14. The molecule has 1 aromatic carbocycles. The number of hydrogen-bond donors (Lipinski definition) is 1. The number of nitro groups is 1. The van der Waals surface area contributed by atoms with E-state index in [4.69, 9.17) is 0 Å². The third-order valence-corrected chi connectivity index (χ3v) is 4.81. The molecule has 0 aliphatic rings. The van der Waals surface area contributed by atoms with Crippen molar-refractivity contribution in [3.8, 4) is 5.75 Å². The average Bonchev–Trinajstić information content (AvgIpc) is 3.08. The third kappa shape index (κ3) is 5.62. The average molecular weight is 418 g/mol. The van der Waals surface area contributed by atoms with Crippen molar-refractivity contribution in [1.29, 1.82) is 0 Å². The lowest BCUT2D eigenvalue weighted by Crippen LogP contribution is -2.20. The van der Waals surface area contributed by atoms with Crippen LogP contribution in [0.2, 0.25) is 0 Å². The second-order valence-corrected chi connectivity index (χ2v) is 6.76. The molecule has 28 heavy (non-hydrogen) atoms. The maximum atomic E-state index is 12.5. The maximum absolute atomic E-state index is 12.5. The number of amides is 1. The predicted molar refractivity (Wildman–Crippen MR) is 95.8 cm³/mol. The van der Waals surface area contributed by atoms with E-state index in [-0.39, 0.29) is 16.8 Å². The van der Waals surface area contributed by atoms with Crippen LogP contribution in [0.5, 0.6) is 5.75 Å². The predicted octanol–water partition coefficient (Wildman–Crippen LogP) is 4.54. The van der Waals surface area contributed by atoms with Crippen LogP contribution in [0.3, 0.4) is 0 Å². The Bertz CT molecular complexity index is 853. The van der Waals surface area contributed by atoms with E-state index >= 15 is 0 Å². The van der Waals surface area contributed by atoms with E-state index in [1.54, 1.807) is 0 Å². The molecule has 2 aromatic rings. The van der Waals surface area contributed by atoms with Gasteiger partial charge in [-0.2, -0.15) is 13.2 Å². The highest BCUT2D eigenvalue weighted by Gasteiger charge is 2.29. The number of nitrogens with zero attached hydrogens (tertiary/aromatic N) is 3. The molecule has 2 rings (SSSR count). The highest BCUT2D eigenvalue weighted by atomic mass is 32.1. The number of nitro benzene ring substituents is 1. The summed E-state index contributed by atoms with van der Waals surface area (Å²) in [5, 5.41) is 22.3. The molecule has 0 saturated heterocycles. The van der Waals surface area contributed by atoms with E-state index in [2.05, 4.69) is 20.3 Å². The second kappa shape index (κ2) is 8.95. The number of rotatable bonds is 8. The monoisotopic (exact) mass is 418 g/mol. The van der Waals surface area contributed by atoms with Crippen molar-refractivity contribution in [3.05, 3.63) is 38.9 Å². The Balaban J connectivity index is 2.24. The summed E-state index contributed by atoms with van der Waals surface area (Å²) in [4.78, 5) is 22.8. The molecule has 0 bridgehead atoms. The quantitative estimate of drug-likeness (QED) is 0.498. The van der Waals surface area contributed by atoms with E-state index in [9.17, 15) is 28.1 Å². The van der Waals surface area contributed by atoms with Gasteiger partial charge in [-0.15, -0.1) is 10.2 Å². The normalized spacial score (nSPS) is 11.5. The molecule has 0 aliphatic heterocycles. The zero-order chi connectivity index (χ0) is 20.9. The molecule has 1 N–H and O–H groups in total. The summed E-state index contributed by atoms with van der Waals surface area (Å²) in [5.74, 6) is -1.03. The lowest BCUT2D eigenvalue weighted by Gasteiger charge is -2.10. The van der Waals surface area contributed by atoms with Crippen molar-refractivity contribution in [1.82, 2.24) is 10.2 Å². The second-order valence-electron chi connectivity index (χ2n) is 5.75. The molecule has 0 aliphatic carbocycles. The number of benzene rings is 1. The van der Waals surface area contributed by atoms with Gasteiger partial charge in [0.25, 0.3) is 11.6 Å². The summed E-state index contributed by atoms with van der Waals surface area (Å²) in [6, 6.07) is 2.80. The Morgan fingerprint density at radius 3 is 2.57 bits per heavy atom. The van der Waals surface area contributed by atoms with E-state index < -0.39 is 34.9 Å². The number of ether oxygens (including phenoxy) is 1. The van der Waals surface area contributed by atoms with Crippen molar-refractivity contribution < 1.29 is 27.6 Å². The van der Waals surface area contributed by atoms with Crippen LogP contribution in [0.15, 0.2) is 18.2 Å². The van der Waals surface area contributed by atoms with Crippen molar-refractivity contribution in [2.24, 2.45) is 0 Å². The number of aromatic nitrogens is 2. The largest absolute Gasteiger partial charge is 0.484 e. The Morgan fingerprint density at radius 2 is 2.00 bits per heavy atom. The van der Waals surface area contributed by atoms with Gasteiger partial charge in [-0.1, -0.05) is 25.2 Å². The summed E-state index contributed by atoms with van der Waals surface area (Å²) in [6.45, 7) is 2.40. The van der Waals surface area contributed by atoms with Gasteiger partial charge in [0, 0.05) is 12.0 Å². The van der Waals surface area contributed by atoms with Gasteiger partial charge in [-0.25, -0.2) is 0 Å². The minimum absolute atomic E-state index is 0.141. The molecule has 0 unspecified atom stereocenters.